The maximum absolute atomic E-state index is 10.5. The van der Waals surface area contributed by atoms with Gasteiger partial charge in [-0.1, -0.05) is 13.8 Å². The number of rotatable bonds is 7. The zero-order valence-electron chi connectivity index (χ0n) is 8.16. The highest BCUT2D eigenvalue weighted by Gasteiger charge is 2.27. The molecule has 0 fully saturated rings. The van der Waals surface area contributed by atoms with Crippen molar-refractivity contribution in [2.75, 3.05) is 6.61 Å². The molecule has 0 bridgehead atoms. The molecule has 3 atom stereocenters. The van der Waals surface area contributed by atoms with Crippen molar-refractivity contribution in [2.45, 2.75) is 37.4 Å². The van der Waals surface area contributed by atoms with Gasteiger partial charge in [0, 0.05) is 5.25 Å². The van der Waals surface area contributed by atoms with Gasteiger partial charge in [-0.15, -0.1) is 0 Å². The van der Waals surface area contributed by atoms with Gasteiger partial charge in [-0.05, 0) is 12.0 Å². The molecule has 0 rings (SSSR count). The molecule has 84 valence electrons. The van der Waals surface area contributed by atoms with E-state index in [1.165, 1.54) is 0 Å². The van der Waals surface area contributed by atoms with Crippen LogP contribution >= 0.6 is 12.0 Å². The van der Waals surface area contributed by atoms with E-state index in [0.717, 1.165) is 12.0 Å². The van der Waals surface area contributed by atoms with Crippen LogP contribution in [-0.4, -0.2) is 51.8 Å². The van der Waals surface area contributed by atoms with Gasteiger partial charge >= 0.3 is 0 Å². The van der Waals surface area contributed by atoms with Gasteiger partial charge in [-0.3, -0.25) is 0 Å². The lowest BCUT2D eigenvalue weighted by Crippen LogP contribution is -2.41. The summed E-state index contributed by atoms with van der Waals surface area (Å²) in [6, 6.07) is 0. The van der Waals surface area contributed by atoms with E-state index < -0.39 is 24.9 Å². The lowest BCUT2D eigenvalue weighted by Gasteiger charge is -2.21. The maximum atomic E-state index is 10.5. The standard InChI is InChI=1S/C8H16O5S/c1-5(2)14-13-7(4-10)8(12)6(11)3-9/h4-9,11-12H,3H2,1-2H3/t6-,7+,8-/m1/s1. The first kappa shape index (κ1) is 13.9. The third-order valence-corrected chi connectivity index (χ3v) is 2.13. The molecule has 6 heteroatoms. The Bertz CT molecular complexity index is 164. The summed E-state index contributed by atoms with van der Waals surface area (Å²) in [7, 11) is 0. The minimum Gasteiger partial charge on any atom is -0.394 e. The van der Waals surface area contributed by atoms with Crippen LogP contribution < -0.4 is 0 Å². The Balaban J connectivity index is 4.05. The number of aliphatic hydroxyl groups is 3. The maximum Gasteiger partial charge on any atom is 0.156 e. The second-order valence-corrected chi connectivity index (χ2v) is 4.41. The molecule has 0 spiro atoms. The van der Waals surface area contributed by atoms with E-state index in [1.807, 2.05) is 13.8 Å². The Morgan fingerprint density at radius 1 is 1.43 bits per heavy atom. The fraction of sp³-hybridized carbons (Fsp3) is 0.875. The first-order valence-electron chi connectivity index (χ1n) is 4.27. The molecule has 0 aromatic carbocycles. The SMILES string of the molecule is CC(C)SO[C@@H](C=O)[C@H](O)[C@H](O)CO. The van der Waals surface area contributed by atoms with Crippen LogP contribution in [0.4, 0.5) is 0 Å². The molecule has 0 radical (unpaired) electrons. The zero-order chi connectivity index (χ0) is 11.1. The van der Waals surface area contributed by atoms with E-state index >= 15 is 0 Å². The van der Waals surface area contributed by atoms with Crippen molar-refractivity contribution in [3.8, 4) is 0 Å². The number of hydrogen-bond acceptors (Lipinski definition) is 6. The van der Waals surface area contributed by atoms with Crippen molar-refractivity contribution in [3.05, 3.63) is 0 Å². The highest BCUT2D eigenvalue weighted by atomic mass is 32.2. The van der Waals surface area contributed by atoms with Crippen molar-refractivity contribution in [2.24, 2.45) is 0 Å². The Hall–Kier alpha value is -0.140. The predicted molar refractivity (Wildman–Crippen MR) is 52.8 cm³/mol. The third kappa shape index (κ3) is 4.92. The first-order chi connectivity index (χ1) is 6.52. The summed E-state index contributed by atoms with van der Waals surface area (Å²) >= 11 is 1.04. The second kappa shape index (κ2) is 7.19. The van der Waals surface area contributed by atoms with Gasteiger partial charge in [0.15, 0.2) is 12.4 Å². The van der Waals surface area contributed by atoms with E-state index in [0.29, 0.717) is 6.29 Å². The summed E-state index contributed by atoms with van der Waals surface area (Å²) in [5.41, 5.74) is 0. The van der Waals surface area contributed by atoms with Crippen LogP contribution in [0.5, 0.6) is 0 Å². The van der Waals surface area contributed by atoms with Crippen LogP contribution in [0.15, 0.2) is 0 Å². The van der Waals surface area contributed by atoms with Crippen LogP contribution in [0.1, 0.15) is 13.8 Å². The molecule has 0 heterocycles. The molecular formula is C8H16O5S. The third-order valence-electron chi connectivity index (χ3n) is 1.41. The molecule has 0 aliphatic carbocycles. The summed E-state index contributed by atoms with van der Waals surface area (Å²) in [5, 5.41) is 27.0. The Labute approximate surface area is 87.3 Å². The molecule has 0 amide bonds. The smallest absolute Gasteiger partial charge is 0.156 e. The number of hydrogen-bond donors (Lipinski definition) is 3. The number of aliphatic hydroxyl groups excluding tert-OH is 3. The fourth-order valence-electron chi connectivity index (χ4n) is 0.662. The Morgan fingerprint density at radius 3 is 2.36 bits per heavy atom. The van der Waals surface area contributed by atoms with Crippen LogP contribution in [0.2, 0.25) is 0 Å². The highest BCUT2D eigenvalue weighted by Crippen LogP contribution is 2.16. The molecule has 5 nitrogen and oxygen atoms in total. The van der Waals surface area contributed by atoms with E-state index in [2.05, 4.69) is 0 Å². The molecule has 0 unspecified atom stereocenters. The number of carbonyl (C=O) groups is 1. The van der Waals surface area contributed by atoms with Crippen molar-refractivity contribution in [1.82, 2.24) is 0 Å². The lowest BCUT2D eigenvalue weighted by atomic mass is 10.1. The first-order valence-corrected chi connectivity index (χ1v) is 5.07. The minimum atomic E-state index is -1.40. The predicted octanol–water partition coefficient (Wildman–Crippen LogP) is -0.659. The molecule has 0 aromatic heterocycles. The molecule has 3 N–H and O–H groups in total. The normalized spacial score (nSPS) is 17.9. The Morgan fingerprint density at radius 2 is 2.00 bits per heavy atom. The van der Waals surface area contributed by atoms with E-state index in [1.54, 1.807) is 0 Å². The van der Waals surface area contributed by atoms with Gasteiger partial charge in [-0.25, -0.2) is 0 Å². The quantitative estimate of drug-likeness (QED) is 0.393. The summed E-state index contributed by atoms with van der Waals surface area (Å²) < 4.78 is 4.96. The van der Waals surface area contributed by atoms with Gasteiger partial charge < -0.3 is 24.3 Å². The largest absolute Gasteiger partial charge is 0.394 e. The number of carbonyl (C=O) groups excluding carboxylic acids is 1. The van der Waals surface area contributed by atoms with Crippen molar-refractivity contribution in [1.29, 1.82) is 0 Å². The summed E-state index contributed by atoms with van der Waals surface area (Å²) in [6.45, 7) is 3.12. The van der Waals surface area contributed by atoms with Gasteiger partial charge in [0.2, 0.25) is 0 Å². The molecule has 0 aromatic rings. The average Bonchev–Trinajstić information content (AvgIpc) is 2.16. The van der Waals surface area contributed by atoms with Gasteiger partial charge in [-0.2, -0.15) is 0 Å². The summed E-state index contributed by atoms with van der Waals surface area (Å²) in [5.74, 6) is 0. The van der Waals surface area contributed by atoms with Crippen molar-refractivity contribution >= 4 is 18.3 Å². The van der Waals surface area contributed by atoms with Crippen molar-refractivity contribution < 1.29 is 24.3 Å². The van der Waals surface area contributed by atoms with E-state index in [4.69, 9.17) is 14.4 Å². The highest BCUT2D eigenvalue weighted by molar-refractivity contribution is 7.95. The zero-order valence-corrected chi connectivity index (χ0v) is 8.98. The van der Waals surface area contributed by atoms with Crippen LogP contribution in [0.3, 0.4) is 0 Å². The molecule has 14 heavy (non-hydrogen) atoms. The lowest BCUT2D eigenvalue weighted by molar-refractivity contribution is -0.123. The number of aldehydes is 1. The monoisotopic (exact) mass is 224 g/mol. The molecule has 0 saturated heterocycles. The van der Waals surface area contributed by atoms with Crippen LogP contribution in [0.25, 0.3) is 0 Å². The molecule has 0 saturated carbocycles. The topological polar surface area (TPSA) is 87.0 Å². The fourth-order valence-corrected chi connectivity index (χ4v) is 1.17. The van der Waals surface area contributed by atoms with Crippen LogP contribution in [-0.2, 0) is 8.98 Å². The summed E-state index contributed by atoms with van der Waals surface area (Å²) in [4.78, 5) is 10.5. The van der Waals surface area contributed by atoms with E-state index in [9.17, 15) is 9.90 Å². The molecule has 0 aliphatic heterocycles. The van der Waals surface area contributed by atoms with Gasteiger partial charge in [0.05, 0.1) is 6.61 Å². The molecular weight excluding hydrogens is 208 g/mol. The molecule has 0 aliphatic rings. The average molecular weight is 224 g/mol. The van der Waals surface area contributed by atoms with Crippen LogP contribution in [0, 0.1) is 0 Å². The second-order valence-electron chi connectivity index (χ2n) is 3.08. The Kier molecular flexibility index (Phi) is 7.12. The van der Waals surface area contributed by atoms with Crippen molar-refractivity contribution in [3.63, 3.8) is 0 Å². The van der Waals surface area contributed by atoms with Gasteiger partial charge in [0.1, 0.15) is 12.2 Å². The van der Waals surface area contributed by atoms with E-state index in [-0.39, 0.29) is 5.25 Å². The summed E-state index contributed by atoms with van der Waals surface area (Å²) in [6.07, 6.45) is -3.48. The minimum absolute atomic E-state index is 0.149. The van der Waals surface area contributed by atoms with Gasteiger partial charge in [0.25, 0.3) is 0 Å².